The van der Waals surface area contributed by atoms with Gasteiger partial charge in [0.15, 0.2) is 0 Å². The van der Waals surface area contributed by atoms with Crippen LogP contribution < -0.4 is 5.32 Å². The van der Waals surface area contributed by atoms with E-state index in [9.17, 15) is 20.0 Å². The molecule has 0 saturated carbocycles. The van der Waals surface area contributed by atoms with Gasteiger partial charge in [0.05, 0.1) is 37.5 Å². The zero-order valence-electron chi connectivity index (χ0n) is 15.7. The predicted octanol–water partition coefficient (Wildman–Crippen LogP) is 5.85. The molecule has 3 aromatic rings. The van der Waals surface area contributed by atoms with Crippen LogP contribution in [0.25, 0.3) is 11.5 Å². The number of anilines is 1. The summed E-state index contributed by atoms with van der Waals surface area (Å²) in [5.41, 5.74) is 0.786. The van der Waals surface area contributed by atoms with Gasteiger partial charge in [-0.1, -0.05) is 37.0 Å². The number of nitrogens with zero attached hydrogens (tertiary/aromatic N) is 2. The van der Waals surface area contributed by atoms with Crippen molar-refractivity contribution in [2.75, 3.05) is 5.32 Å². The summed E-state index contributed by atoms with van der Waals surface area (Å²) in [6.45, 7) is 5.73. The lowest BCUT2D eigenvalue weighted by molar-refractivity contribution is -0.384. The Hall–Kier alpha value is -3.10. The molecule has 10 heteroatoms. The molecule has 152 valence electrons. The van der Waals surface area contributed by atoms with Gasteiger partial charge in [0.1, 0.15) is 12.0 Å². The number of non-ortho nitro benzene ring substituents is 1. The molecular weight excluding hydrogens is 421 g/mol. The van der Waals surface area contributed by atoms with E-state index in [-0.39, 0.29) is 38.6 Å². The summed E-state index contributed by atoms with van der Waals surface area (Å²) in [6, 6.07) is 6.13. The van der Waals surface area contributed by atoms with Gasteiger partial charge in [0.2, 0.25) is 5.89 Å². The number of carbonyl (C=O) groups excluding carboxylic acids is 1. The molecule has 0 fully saturated rings. The zero-order valence-corrected chi connectivity index (χ0v) is 17.2. The maximum absolute atomic E-state index is 12.4. The lowest BCUT2D eigenvalue weighted by Crippen LogP contribution is -2.12. The first-order valence-electron chi connectivity index (χ1n) is 8.46. The van der Waals surface area contributed by atoms with Crippen molar-refractivity contribution in [3.63, 3.8) is 0 Å². The van der Waals surface area contributed by atoms with E-state index in [1.54, 1.807) is 6.92 Å². The topological polar surface area (TPSA) is 119 Å². The molecule has 0 saturated heterocycles. The van der Waals surface area contributed by atoms with E-state index in [1.807, 2.05) is 13.8 Å². The molecule has 2 aromatic carbocycles. The fourth-order valence-corrected chi connectivity index (χ4v) is 2.76. The molecule has 0 aliphatic heterocycles. The molecule has 3 rings (SSSR count). The highest BCUT2D eigenvalue weighted by Gasteiger charge is 2.19. The Morgan fingerprint density at radius 1 is 1.21 bits per heavy atom. The molecular formula is C19H17Cl2N3O5. The van der Waals surface area contributed by atoms with Gasteiger partial charge in [0, 0.05) is 12.1 Å². The lowest BCUT2D eigenvalue weighted by Gasteiger charge is -2.10. The fraction of sp³-hybridized carbons (Fsp3) is 0.158. The van der Waals surface area contributed by atoms with Gasteiger partial charge >= 0.3 is 0 Å². The van der Waals surface area contributed by atoms with Crippen molar-refractivity contribution in [2.24, 2.45) is 0 Å². The normalized spacial score (nSPS) is 10.1. The molecule has 1 heterocycles. The minimum Gasteiger partial charge on any atom is -0.507 e. The Kier molecular flexibility index (Phi) is 7.19. The van der Waals surface area contributed by atoms with Crippen molar-refractivity contribution in [3.05, 3.63) is 68.0 Å². The number of phenols is 1. The molecule has 0 spiro atoms. The smallest absolute Gasteiger partial charge is 0.271 e. The number of nitro benzene ring substituents is 1. The largest absolute Gasteiger partial charge is 0.507 e. The van der Waals surface area contributed by atoms with Crippen LogP contribution in [0.2, 0.25) is 10.0 Å². The van der Waals surface area contributed by atoms with Crippen molar-refractivity contribution in [1.29, 1.82) is 0 Å². The van der Waals surface area contributed by atoms with E-state index in [0.29, 0.717) is 11.3 Å². The third kappa shape index (κ3) is 5.04. The van der Waals surface area contributed by atoms with E-state index in [0.717, 1.165) is 6.07 Å². The zero-order chi connectivity index (χ0) is 21.7. The summed E-state index contributed by atoms with van der Waals surface area (Å²) in [6.07, 6.45) is 1.43. The number of hydrogen-bond donors (Lipinski definition) is 2. The number of hydrogen-bond acceptors (Lipinski definition) is 6. The molecule has 0 bridgehead atoms. The van der Waals surface area contributed by atoms with Gasteiger partial charge in [-0.15, -0.1) is 0 Å². The SMILES string of the molecule is CC.Cc1coc(-c2cc(O)c(C(=O)Nc3ccc([N+](=O)[O-])cc3Cl)cc2Cl)n1. The first-order valence-corrected chi connectivity index (χ1v) is 9.22. The Morgan fingerprint density at radius 3 is 2.45 bits per heavy atom. The number of carbonyl (C=O) groups is 1. The summed E-state index contributed by atoms with van der Waals surface area (Å²) < 4.78 is 5.25. The summed E-state index contributed by atoms with van der Waals surface area (Å²) in [4.78, 5) is 26.7. The number of phenolic OH excluding ortho intramolecular Hbond substituents is 1. The number of amides is 1. The summed E-state index contributed by atoms with van der Waals surface area (Å²) >= 11 is 12.1. The van der Waals surface area contributed by atoms with Crippen molar-refractivity contribution in [3.8, 4) is 17.2 Å². The van der Waals surface area contributed by atoms with Gasteiger partial charge < -0.3 is 14.8 Å². The van der Waals surface area contributed by atoms with E-state index in [1.165, 1.54) is 30.5 Å². The van der Waals surface area contributed by atoms with E-state index < -0.39 is 10.8 Å². The van der Waals surface area contributed by atoms with Crippen LogP contribution in [0.15, 0.2) is 41.0 Å². The van der Waals surface area contributed by atoms with Crippen molar-refractivity contribution in [1.82, 2.24) is 4.98 Å². The highest BCUT2D eigenvalue weighted by Crippen LogP contribution is 2.34. The molecule has 0 atom stereocenters. The maximum atomic E-state index is 12.4. The summed E-state index contributed by atoms with van der Waals surface area (Å²) in [5.74, 6) is -0.834. The van der Waals surface area contributed by atoms with Crippen LogP contribution in [0.4, 0.5) is 11.4 Å². The number of benzene rings is 2. The van der Waals surface area contributed by atoms with Gasteiger partial charge in [-0.2, -0.15) is 0 Å². The Labute approximate surface area is 176 Å². The lowest BCUT2D eigenvalue weighted by atomic mass is 10.1. The summed E-state index contributed by atoms with van der Waals surface area (Å²) in [5, 5.41) is 23.5. The number of aromatic hydroxyl groups is 1. The number of halogens is 2. The third-order valence-electron chi connectivity index (χ3n) is 3.59. The number of aryl methyl sites for hydroxylation is 1. The second-order valence-corrected chi connectivity index (χ2v) is 6.33. The Balaban J connectivity index is 0.00000145. The second kappa shape index (κ2) is 9.40. The van der Waals surface area contributed by atoms with Crippen LogP contribution in [-0.4, -0.2) is 20.9 Å². The standard InChI is InChI=1S/C17H11Cl2N3O5.C2H6/c1-8-7-27-17(20-8)10-6-15(23)11(5-12(10)18)16(24)21-14-3-2-9(22(25)26)4-13(14)19;1-2/h2-7,23H,1H3,(H,21,24);1-2H3. The third-order valence-corrected chi connectivity index (χ3v) is 4.22. The van der Waals surface area contributed by atoms with Gasteiger partial charge in [0.25, 0.3) is 11.6 Å². The molecule has 29 heavy (non-hydrogen) atoms. The first-order chi connectivity index (χ1) is 13.8. The van der Waals surface area contributed by atoms with E-state index in [4.69, 9.17) is 27.6 Å². The monoisotopic (exact) mass is 437 g/mol. The molecule has 1 amide bonds. The minimum absolute atomic E-state index is 0.0185. The van der Waals surface area contributed by atoms with E-state index in [2.05, 4.69) is 10.3 Å². The molecule has 0 aliphatic carbocycles. The van der Waals surface area contributed by atoms with Gasteiger partial charge in [-0.3, -0.25) is 14.9 Å². The minimum atomic E-state index is -0.694. The highest BCUT2D eigenvalue weighted by molar-refractivity contribution is 6.35. The van der Waals surface area contributed by atoms with Crippen LogP contribution in [0, 0.1) is 17.0 Å². The van der Waals surface area contributed by atoms with Crippen molar-refractivity contribution >= 4 is 40.5 Å². The second-order valence-electron chi connectivity index (χ2n) is 5.52. The molecule has 0 aliphatic rings. The van der Waals surface area contributed by atoms with Crippen LogP contribution in [0.5, 0.6) is 5.75 Å². The predicted molar refractivity (Wildman–Crippen MR) is 111 cm³/mol. The molecule has 8 nitrogen and oxygen atoms in total. The van der Waals surface area contributed by atoms with Crippen LogP contribution >= 0.6 is 23.2 Å². The summed E-state index contributed by atoms with van der Waals surface area (Å²) in [7, 11) is 0. The van der Waals surface area contributed by atoms with Gasteiger partial charge in [-0.05, 0) is 25.1 Å². The Morgan fingerprint density at radius 2 is 1.90 bits per heavy atom. The number of nitrogens with one attached hydrogen (secondary N) is 1. The number of nitro groups is 1. The van der Waals surface area contributed by atoms with Crippen LogP contribution in [0.3, 0.4) is 0 Å². The van der Waals surface area contributed by atoms with Crippen LogP contribution in [0.1, 0.15) is 29.9 Å². The fourth-order valence-electron chi connectivity index (χ4n) is 2.29. The first kappa shape index (κ1) is 22.2. The highest BCUT2D eigenvalue weighted by atomic mass is 35.5. The average molecular weight is 438 g/mol. The van der Waals surface area contributed by atoms with Crippen LogP contribution in [-0.2, 0) is 0 Å². The molecule has 0 unspecified atom stereocenters. The molecule has 0 radical (unpaired) electrons. The number of aromatic nitrogens is 1. The number of rotatable bonds is 4. The number of oxazole rings is 1. The van der Waals surface area contributed by atoms with Gasteiger partial charge in [-0.25, -0.2) is 4.98 Å². The quantitative estimate of drug-likeness (QED) is 0.390. The molecule has 2 N–H and O–H groups in total. The maximum Gasteiger partial charge on any atom is 0.271 e. The van der Waals surface area contributed by atoms with Crippen molar-refractivity contribution < 1.29 is 19.2 Å². The van der Waals surface area contributed by atoms with Crippen molar-refractivity contribution in [2.45, 2.75) is 20.8 Å². The average Bonchev–Trinajstić information content (AvgIpc) is 3.12. The van der Waals surface area contributed by atoms with E-state index >= 15 is 0 Å². The molecule has 1 aromatic heterocycles. The Bertz CT molecular complexity index is 1070.